The third-order valence-electron chi connectivity index (χ3n) is 2.42. The zero-order valence-corrected chi connectivity index (χ0v) is 11.4. The Morgan fingerprint density at radius 1 is 1.33 bits per heavy atom. The number of hydrogen-bond donors (Lipinski definition) is 0. The first-order valence-electron chi connectivity index (χ1n) is 5.12. The molecule has 3 heterocycles. The molecular weight excluding hydrogens is 288 g/mol. The lowest BCUT2D eigenvalue weighted by Gasteiger charge is -1.98. The first-order chi connectivity index (χ1) is 8.78. The van der Waals surface area contributed by atoms with Crippen LogP contribution in [0.3, 0.4) is 0 Å². The monoisotopic (exact) mass is 294 g/mol. The molecular formula is C12H7ClN2OS2. The van der Waals surface area contributed by atoms with Gasteiger partial charge in [-0.3, -0.25) is 9.36 Å². The van der Waals surface area contributed by atoms with Gasteiger partial charge in [-0.25, -0.2) is 4.98 Å². The summed E-state index contributed by atoms with van der Waals surface area (Å²) in [6, 6.07) is 7.39. The minimum atomic E-state index is 0.597. The molecule has 0 saturated carbocycles. The van der Waals surface area contributed by atoms with Crippen molar-refractivity contribution in [2.24, 2.45) is 0 Å². The Morgan fingerprint density at radius 3 is 2.94 bits per heavy atom. The molecule has 0 atom stereocenters. The Labute approximate surface area is 116 Å². The molecule has 0 fully saturated rings. The van der Waals surface area contributed by atoms with Gasteiger partial charge in [-0.2, -0.15) is 0 Å². The average Bonchev–Trinajstić information content (AvgIpc) is 3.07. The van der Waals surface area contributed by atoms with Crippen molar-refractivity contribution in [3.05, 3.63) is 45.9 Å². The van der Waals surface area contributed by atoms with Gasteiger partial charge in [0.15, 0.2) is 11.4 Å². The Balaban J connectivity index is 2.01. The van der Waals surface area contributed by atoms with Crippen LogP contribution >= 0.6 is 34.3 Å². The van der Waals surface area contributed by atoms with E-state index in [1.165, 1.54) is 22.7 Å². The summed E-state index contributed by atoms with van der Waals surface area (Å²) in [6.45, 7) is 0. The number of hydrogen-bond acceptors (Lipinski definition) is 4. The van der Waals surface area contributed by atoms with Gasteiger partial charge < -0.3 is 0 Å². The Bertz CT molecular complexity index is 698. The minimum Gasteiger partial charge on any atom is -0.296 e. The number of halogens is 1. The molecule has 0 spiro atoms. The van der Waals surface area contributed by atoms with Crippen molar-refractivity contribution in [1.29, 1.82) is 0 Å². The molecule has 0 radical (unpaired) electrons. The molecule has 0 bridgehead atoms. The molecule has 0 amide bonds. The maximum Gasteiger partial charge on any atom is 0.194 e. The fraction of sp³-hybridized carbons (Fsp3) is 0. The van der Waals surface area contributed by atoms with E-state index in [-0.39, 0.29) is 0 Å². The van der Waals surface area contributed by atoms with Gasteiger partial charge in [0.1, 0.15) is 0 Å². The average molecular weight is 295 g/mol. The molecule has 0 aliphatic rings. The standard InChI is InChI=1S/C12H7ClN2OS2/c13-11-4-3-10(18-11)9-7-17-12(14-9)15-5-1-2-8(15)6-16/h1-7H. The fourth-order valence-electron chi connectivity index (χ4n) is 1.60. The van der Waals surface area contributed by atoms with Crippen LogP contribution < -0.4 is 0 Å². The van der Waals surface area contributed by atoms with E-state index in [1.807, 2.05) is 29.8 Å². The molecule has 0 N–H and O–H groups in total. The van der Waals surface area contributed by atoms with Crippen LogP contribution in [0.15, 0.2) is 35.8 Å². The van der Waals surface area contributed by atoms with Gasteiger partial charge in [0.2, 0.25) is 0 Å². The number of nitrogens with zero attached hydrogens (tertiary/aromatic N) is 2. The summed E-state index contributed by atoms with van der Waals surface area (Å²) in [6.07, 6.45) is 2.65. The second-order valence-corrected chi connectivity index (χ2v) is 6.09. The predicted molar refractivity (Wildman–Crippen MR) is 75.2 cm³/mol. The molecule has 3 rings (SSSR count). The summed E-state index contributed by atoms with van der Waals surface area (Å²) in [5, 5.41) is 2.74. The lowest BCUT2D eigenvalue weighted by molar-refractivity contribution is 0.111. The van der Waals surface area contributed by atoms with Crippen molar-refractivity contribution >= 4 is 40.6 Å². The summed E-state index contributed by atoms with van der Waals surface area (Å²) >= 11 is 8.90. The summed E-state index contributed by atoms with van der Waals surface area (Å²) < 4.78 is 2.52. The second kappa shape index (κ2) is 4.68. The van der Waals surface area contributed by atoms with Crippen LogP contribution in [-0.2, 0) is 0 Å². The van der Waals surface area contributed by atoms with E-state index in [0.717, 1.165) is 26.3 Å². The van der Waals surface area contributed by atoms with Crippen molar-refractivity contribution in [2.45, 2.75) is 0 Å². The summed E-state index contributed by atoms with van der Waals surface area (Å²) in [7, 11) is 0. The summed E-state index contributed by atoms with van der Waals surface area (Å²) in [5.74, 6) is 0. The number of carbonyl (C=O) groups is 1. The molecule has 3 aromatic rings. The molecule has 6 heteroatoms. The molecule has 0 saturated heterocycles. The van der Waals surface area contributed by atoms with E-state index >= 15 is 0 Å². The van der Waals surface area contributed by atoms with Gasteiger partial charge >= 0.3 is 0 Å². The zero-order valence-electron chi connectivity index (χ0n) is 9.04. The Hall–Kier alpha value is -1.43. The van der Waals surface area contributed by atoms with Crippen molar-refractivity contribution < 1.29 is 4.79 Å². The maximum atomic E-state index is 10.9. The van der Waals surface area contributed by atoms with E-state index < -0.39 is 0 Å². The van der Waals surface area contributed by atoms with Crippen LogP contribution in [0.5, 0.6) is 0 Å². The van der Waals surface area contributed by atoms with E-state index in [4.69, 9.17) is 11.6 Å². The Morgan fingerprint density at radius 2 is 2.22 bits per heavy atom. The lowest BCUT2D eigenvalue weighted by Crippen LogP contribution is -1.96. The number of carbonyl (C=O) groups excluding carboxylic acids is 1. The third kappa shape index (κ3) is 2.01. The maximum absolute atomic E-state index is 10.9. The zero-order chi connectivity index (χ0) is 12.5. The van der Waals surface area contributed by atoms with Crippen LogP contribution in [-0.4, -0.2) is 15.8 Å². The van der Waals surface area contributed by atoms with E-state index in [2.05, 4.69) is 4.98 Å². The van der Waals surface area contributed by atoms with Crippen molar-refractivity contribution in [3.8, 4) is 15.7 Å². The molecule has 0 aliphatic heterocycles. The smallest absolute Gasteiger partial charge is 0.194 e. The SMILES string of the molecule is O=Cc1cccn1-c1nc(-c2ccc(Cl)s2)cs1. The number of aromatic nitrogens is 2. The summed E-state index contributed by atoms with van der Waals surface area (Å²) in [4.78, 5) is 16.4. The number of thiazole rings is 1. The first kappa shape index (κ1) is 11.6. The van der Waals surface area contributed by atoms with Crippen molar-refractivity contribution in [1.82, 2.24) is 9.55 Å². The van der Waals surface area contributed by atoms with E-state index in [9.17, 15) is 4.79 Å². The molecule has 0 aliphatic carbocycles. The minimum absolute atomic E-state index is 0.597. The van der Waals surface area contributed by atoms with Crippen molar-refractivity contribution in [3.63, 3.8) is 0 Å². The van der Waals surface area contributed by atoms with Crippen LogP contribution in [0.4, 0.5) is 0 Å². The fourth-order valence-corrected chi connectivity index (χ4v) is 3.51. The van der Waals surface area contributed by atoms with E-state index in [1.54, 1.807) is 10.6 Å². The van der Waals surface area contributed by atoms with Gasteiger partial charge in [0.05, 0.1) is 20.6 Å². The van der Waals surface area contributed by atoms with Gasteiger partial charge in [0.25, 0.3) is 0 Å². The topological polar surface area (TPSA) is 34.9 Å². The highest BCUT2D eigenvalue weighted by molar-refractivity contribution is 7.19. The highest BCUT2D eigenvalue weighted by Crippen LogP contribution is 2.32. The number of aldehydes is 1. The quantitative estimate of drug-likeness (QED) is 0.681. The van der Waals surface area contributed by atoms with Crippen LogP contribution in [0, 0.1) is 0 Å². The summed E-state index contributed by atoms with van der Waals surface area (Å²) in [5.41, 5.74) is 1.48. The first-order valence-corrected chi connectivity index (χ1v) is 7.19. The van der Waals surface area contributed by atoms with Crippen LogP contribution in [0.25, 0.3) is 15.7 Å². The van der Waals surface area contributed by atoms with E-state index in [0.29, 0.717) is 5.69 Å². The molecule has 18 heavy (non-hydrogen) atoms. The van der Waals surface area contributed by atoms with Gasteiger partial charge in [-0.15, -0.1) is 22.7 Å². The molecule has 90 valence electrons. The highest BCUT2D eigenvalue weighted by Gasteiger charge is 2.10. The highest BCUT2D eigenvalue weighted by atomic mass is 35.5. The van der Waals surface area contributed by atoms with Gasteiger partial charge in [-0.1, -0.05) is 11.6 Å². The van der Waals surface area contributed by atoms with Crippen molar-refractivity contribution in [2.75, 3.05) is 0 Å². The molecule has 3 aromatic heterocycles. The van der Waals surface area contributed by atoms with Crippen LogP contribution in [0.1, 0.15) is 10.5 Å². The predicted octanol–water partition coefficient (Wildman–Crippen LogP) is 4.13. The number of thiophene rings is 1. The van der Waals surface area contributed by atoms with Gasteiger partial charge in [0, 0.05) is 11.6 Å². The molecule has 3 nitrogen and oxygen atoms in total. The Kier molecular flexibility index (Phi) is 3.03. The van der Waals surface area contributed by atoms with Gasteiger partial charge in [-0.05, 0) is 24.3 Å². The number of rotatable bonds is 3. The lowest BCUT2D eigenvalue weighted by atomic mass is 10.4. The molecule has 0 unspecified atom stereocenters. The normalized spacial score (nSPS) is 10.7. The second-order valence-electron chi connectivity index (χ2n) is 3.54. The van der Waals surface area contributed by atoms with Crippen LogP contribution in [0.2, 0.25) is 4.34 Å². The third-order valence-corrected chi connectivity index (χ3v) is 4.52. The largest absolute Gasteiger partial charge is 0.296 e. The molecule has 0 aromatic carbocycles.